The van der Waals surface area contributed by atoms with Crippen LogP contribution >= 0.6 is 48.8 Å². The molecule has 0 atom stereocenters. The molecule has 8 heteroatoms. The van der Waals surface area contributed by atoms with Gasteiger partial charge in [0.1, 0.15) is 0 Å². The third kappa shape index (κ3) is 3.70. The van der Waals surface area contributed by atoms with Gasteiger partial charge in [-0.05, 0) is 36.4 Å². The first-order chi connectivity index (χ1) is 10.4. The molecule has 4 N–H and O–H groups in total. The maximum Gasteiger partial charge on any atom is 0.200 e. The lowest BCUT2D eigenvalue weighted by atomic mass is 10.1. The highest BCUT2D eigenvalue weighted by atomic mass is 79.9. The van der Waals surface area contributed by atoms with Crippen molar-refractivity contribution in [3.8, 4) is 39.8 Å². The minimum atomic E-state index is -0.542. The van der Waals surface area contributed by atoms with Crippen LogP contribution in [-0.4, -0.2) is 25.5 Å². The summed E-state index contributed by atoms with van der Waals surface area (Å²) < 4.78 is 1.84. The summed E-state index contributed by atoms with van der Waals surface area (Å²) in [7, 11) is 0. The smallest absolute Gasteiger partial charge is 0.200 e. The fraction of sp³-hybridized carbons (Fsp3) is 0. The third-order valence-corrected chi connectivity index (χ3v) is 4.03. The van der Waals surface area contributed by atoms with E-state index in [9.17, 15) is 15.3 Å². The molecule has 3 rings (SSSR count). The van der Waals surface area contributed by atoms with Gasteiger partial charge >= 0.3 is 0 Å². The van der Waals surface area contributed by atoms with Crippen LogP contribution in [0.4, 0.5) is 0 Å². The predicted octanol–water partition coefficient (Wildman–Crippen LogP) is 4.96. The molecule has 0 bridgehead atoms. The Hall–Kier alpha value is -1.51. The summed E-state index contributed by atoms with van der Waals surface area (Å²) in [6.07, 6.45) is 0. The molecule has 0 spiro atoms. The van der Waals surface area contributed by atoms with Crippen molar-refractivity contribution in [3.05, 3.63) is 45.3 Å². The normalized spacial score (nSPS) is 10.3. The maximum absolute atomic E-state index is 9.58. The molecule has 23 heavy (non-hydrogen) atoms. The van der Waals surface area contributed by atoms with Gasteiger partial charge in [0.2, 0.25) is 0 Å². The fourth-order valence-corrected chi connectivity index (χ4v) is 3.37. The monoisotopic (exact) mass is 504 g/mol. The quantitative estimate of drug-likeness (QED) is 0.370. The highest BCUT2D eigenvalue weighted by molar-refractivity contribution is 9.11. The molecule has 1 heterocycles. The summed E-state index contributed by atoms with van der Waals surface area (Å²) in [5.41, 5.74) is 2.73. The fourth-order valence-electron chi connectivity index (χ4n) is 2.08. The van der Waals surface area contributed by atoms with Gasteiger partial charge in [-0.15, -0.1) is 17.0 Å². The van der Waals surface area contributed by atoms with E-state index in [2.05, 4.69) is 42.1 Å². The Bertz CT molecular complexity index is 822. The Morgan fingerprint density at radius 3 is 1.91 bits per heavy atom. The summed E-state index contributed by atoms with van der Waals surface area (Å²) in [6, 6.07) is 10.3. The Morgan fingerprint density at radius 1 is 0.783 bits per heavy atom. The molecule has 3 aromatic rings. The van der Waals surface area contributed by atoms with E-state index in [1.54, 1.807) is 6.07 Å². The van der Waals surface area contributed by atoms with Crippen molar-refractivity contribution in [1.82, 2.24) is 10.2 Å². The lowest BCUT2D eigenvalue weighted by Crippen LogP contribution is -1.79. The summed E-state index contributed by atoms with van der Waals surface area (Å²) in [5, 5.41) is 35.6. The van der Waals surface area contributed by atoms with Crippen molar-refractivity contribution in [1.29, 1.82) is 0 Å². The van der Waals surface area contributed by atoms with Gasteiger partial charge in [0, 0.05) is 20.1 Å². The number of aromatic nitrogens is 2. The van der Waals surface area contributed by atoms with Gasteiger partial charge in [0.25, 0.3) is 0 Å². The Balaban J connectivity index is 0.00000192. The molecule has 0 amide bonds. The standard InChI is InChI=1S/C15H10Br2N2O3.BrH/c16-9-1-7(2-10(17)5-9)11-6-12(19-18-11)8-3-13(20)15(22)14(21)4-8;/h1-6,20-22H,(H,18,19);1H. The van der Waals surface area contributed by atoms with E-state index in [0.29, 0.717) is 17.0 Å². The van der Waals surface area contributed by atoms with Crippen molar-refractivity contribution >= 4 is 48.8 Å². The van der Waals surface area contributed by atoms with Crippen molar-refractivity contribution in [2.45, 2.75) is 0 Å². The molecule has 0 aliphatic heterocycles. The van der Waals surface area contributed by atoms with E-state index in [0.717, 1.165) is 14.5 Å². The number of hydrogen-bond acceptors (Lipinski definition) is 4. The third-order valence-electron chi connectivity index (χ3n) is 3.12. The first kappa shape index (κ1) is 17.8. The summed E-state index contributed by atoms with van der Waals surface area (Å²) in [5.74, 6) is -1.33. The number of benzene rings is 2. The lowest BCUT2D eigenvalue weighted by molar-refractivity contribution is 0.368. The van der Waals surface area contributed by atoms with Crippen LogP contribution in [0.2, 0.25) is 0 Å². The van der Waals surface area contributed by atoms with Crippen LogP contribution in [0.1, 0.15) is 0 Å². The highest BCUT2D eigenvalue weighted by Gasteiger charge is 2.12. The number of aromatic hydroxyl groups is 3. The van der Waals surface area contributed by atoms with Crippen molar-refractivity contribution in [3.63, 3.8) is 0 Å². The molecular formula is C15H11Br3N2O3. The van der Waals surface area contributed by atoms with Gasteiger partial charge in [-0.1, -0.05) is 31.9 Å². The second-order valence-electron chi connectivity index (χ2n) is 4.69. The Morgan fingerprint density at radius 2 is 1.35 bits per heavy atom. The molecule has 0 fully saturated rings. The van der Waals surface area contributed by atoms with Crippen LogP contribution in [0, 0.1) is 0 Å². The molecule has 0 aliphatic carbocycles. The highest BCUT2D eigenvalue weighted by Crippen LogP contribution is 2.39. The van der Waals surface area contributed by atoms with Crippen LogP contribution in [0.25, 0.3) is 22.5 Å². The zero-order valence-electron chi connectivity index (χ0n) is 11.4. The van der Waals surface area contributed by atoms with E-state index in [1.807, 2.05) is 18.2 Å². The molecule has 0 radical (unpaired) electrons. The minimum absolute atomic E-state index is 0. The van der Waals surface area contributed by atoms with Gasteiger partial charge in [-0.25, -0.2) is 0 Å². The zero-order valence-corrected chi connectivity index (χ0v) is 16.3. The molecule has 1 aromatic heterocycles. The first-order valence-electron chi connectivity index (χ1n) is 6.21. The van der Waals surface area contributed by atoms with E-state index >= 15 is 0 Å². The number of H-pyrrole nitrogens is 1. The zero-order chi connectivity index (χ0) is 15.9. The Kier molecular flexibility index (Phi) is 5.38. The van der Waals surface area contributed by atoms with Crippen molar-refractivity contribution in [2.24, 2.45) is 0 Å². The van der Waals surface area contributed by atoms with E-state index in [1.165, 1.54) is 12.1 Å². The first-order valence-corrected chi connectivity index (χ1v) is 7.80. The number of phenols is 3. The predicted molar refractivity (Wildman–Crippen MR) is 100 cm³/mol. The molecule has 2 aromatic carbocycles. The lowest BCUT2D eigenvalue weighted by Gasteiger charge is -2.03. The van der Waals surface area contributed by atoms with Crippen LogP contribution in [0.5, 0.6) is 17.2 Å². The average molecular weight is 507 g/mol. The number of aromatic amines is 1. The number of nitrogens with zero attached hydrogens (tertiary/aromatic N) is 1. The summed E-state index contributed by atoms with van der Waals surface area (Å²) in [6.45, 7) is 0. The minimum Gasteiger partial charge on any atom is -0.504 e. The number of phenolic OH excluding ortho intramolecular Hbond substituents is 3. The van der Waals surface area contributed by atoms with Gasteiger partial charge in [0.15, 0.2) is 17.2 Å². The van der Waals surface area contributed by atoms with E-state index in [4.69, 9.17) is 0 Å². The second-order valence-corrected chi connectivity index (χ2v) is 6.52. The van der Waals surface area contributed by atoms with Crippen molar-refractivity contribution in [2.75, 3.05) is 0 Å². The molecule has 0 saturated heterocycles. The van der Waals surface area contributed by atoms with Gasteiger partial charge in [-0.3, -0.25) is 5.10 Å². The van der Waals surface area contributed by atoms with Crippen molar-refractivity contribution < 1.29 is 15.3 Å². The number of halogens is 3. The van der Waals surface area contributed by atoms with E-state index < -0.39 is 17.2 Å². The van der Waals surface area contributed by atoms with Gasteiger partial charge < -0.3 is 15.3 Å². The van der Waals surface area contributed by atoms with Crippen LogP contribution in [-0.2, 0) is 0 Å². The molecule has 0 aliphatic rings. The average Bonchev–Trinajstić information content (AvgIpc) is 2.93. The Labute approximate surface area is 159 Å². The maximum atomic E-state index is 9.58. The molecule has 0 saturated carbocycles. The van der Waals surface area contributed by atoms with E-state index in [-0.39, 0.29) is 17.0 Å². The SMILES string of the molecule is Br.Oc1cc(-c2cc(-c3cc(Br)cc(Br)c3)n[nH]2)cc(O)c1O. The number of hydrogen-bond donors (Lipinski definition) is 4. The number of nitrogens with one attached hydrogen (secondary N) is 1. The van der Waals surface area contributed by atoms with Crippen LogP contribution in [0.15, 0.2) is 45.3 Å². The molecular weight excluding hydrogens is 496 g/mol. The molecule has 120 valence electrons. The molecule has 5 nitrogen and oxygen atoms in total. The molecule has 0 unspecified atom stereocenters. The van der Waals surface area contributed by atoms with Gasteiger partial charge in [0.05, 0.1) is 11.4 Å². The van der Waals surface area contributed by atoms with Gasteiger partial charge in [-0.2, -0.15) is 5.10 Å². The topological polar surface area (TPSA) is 89.4 Å². The summed E-state index contributed by atoms with van der Waals surface area (Å²) >= 11 is 6.85. The van der Waals surface area contributed by atoms with Crippen LogP contribution < -0.4 is 0 Å². The number of rotatable bonds is 2. The van der Waals surface area contributed by atoms with Crippen LogP contribution in [0.3, 0.4) is 0 Å². The summed E-state index contributed by atoms with van der Waals surface area (Å²) in [4.78, 5) is 0. The largest absolute Gasteiger partial charge is 0.504 e. The second kappa shape index (κ2) is 6.94.